The number of hydrogen-bond acceptors (Lipinski definition) is 6. The van der Waals surface area contributed by atoms with Gasteiger partial charge in [-0.2, -0.15) is 0 Å². The van der Waals surface area contributed by atoms with Gasteiger partial charge in [0, 0.05) is 38.8 Å². The molecule has 1 heterocycles. The molecular weight excluding hydrogens is 338 g/mol. The Labute approximate surface area is 153 Å². The van der Waals surface area contributed by atoms with Crippen molar-refractivity contribution in [2.75, 3.05) is 46.5 Å². The fraction of sp³-hybridized carbons (Fsp3) is 0.611. The van der Waals surface area contributed by atoms with Gasteiger partial charge in [0.1, 0.15) is 6.61 Å². The first kappa shape index (κ1) is 20.1. The Bertz CT molecular complexity index is 588. The molecule has 0 spiro atoms. The van der Waals surface area contributed by atoms with Gasteiger partial charge in [-0.1, -0.05) is 12.1 Å². The van der Waals surface area contributed by atoms with Gasteiger partial charge in [-0.25, -0.2) is 0 Å². The van der Waals surface area contributed by atoms with Crippen molar-refractivity contribution >= 4 is 11.6 Å². The number of rotatable bonds is 10. The van der Waals surface area contributed by atoms with Crippen molar-refractivity contribution in [2.45, 2.75) is 19.3 Å². The van der Waals surface area contributed by atoms with Gasteiger partial charge in [-0.3, -0.25) is 19.8 Å². The van der Waals surface area contributed by atoms with Crippen LogP contribution in [0.5, 0.6) is 5.75 Å². The number of amides is 1. The third kappa shape index (κ3) is 6.27. The van der Waals surface area contributed by atoms with Crippen LogP contribution in [0.3, 0.4) is 0 Å². The number of nitrogens with zero attached hydrogens (tertiary/aromatic N) is 2. The molecule has 0 aliphatic carbocycles. The zero-order chi connectivity index (χ0) is 18.8. The number of carbonyl (C=O) groups is 1. The Kier molecular flexibility index (Phi) is 8.30. The molecule has 1 aromatic carbocycles. The molecular formula is C18H27N3O5. The lowest BCUT2D eigenvalue weighted by Gasteiger charge is -2.31. The second-order valence-electron chi connectivity index (χ2n) is 6.33. The van der Waals surface area contributed by atoms with Crippen LogP contribution in [0.2, 0.25) is 0 Å². The van der Waals surface area contributed by atoms with Crippen LogP contribution in [0, 0.1) is 16.0 Å². The molecule has 144 valence electrons. The smallest absolute Gasteiger partial charge is 0.310 e. The number of carbonyl (C=O) groups excluding carboxylic acids is 1. The third-order valence-corrected chi connectivity index (χ3v) is 4.51. The fourth-order valence-corrected chi connectivity index (χ4v) is 3.01. The average molecular weight is 365 g/mol. The number of nitro benzene ring substituents is 1. The molecule has 1 N–H and O–H groups in total. The van der Waals surface area contributed by atoms with Crippen LogP contribution in [0.25, 0.3) is 0 Å². The molecule has 26 heavy (non-hydrogen) atoms. The molecule has 0 atom stereocenters. The van der Waals surface area contributed by atoms with Crippen molar-refractivity contribution in [3.63, 3.8) is 0 Å². The number of piperidine rings is 1. The Balaban J connectivity index is 1.66. The van der Waals surface area contributed by atoms with Gasteiger partial charge in [-0.05, 0) is 38.4 Å². The highest BCUT2D eigenvalue weighted by molar-refractivity contribution is 5.78. The van der Waals surface area contributed by atoms with Crippen molar-refractivity contribution in [3.05, 3.63) is 34.4 Å². The van der Waals surface area contributed by atoms with Crippen LogP contribution in [-0.4, -0.2) is 62.2 Å². The summed E-state index contributed by atoms with van der Waals surface area (Å²) in [5.74, 6) is 0.477. The first-order chi connectivity index (χ1) is 12.6. The lowest BCUT2D eigenvalue weighted by Crippen LogP contribution is -2.42. The normalized spacial score (nSPS) is 15.6. The number of ether oxygens (including phenoxy) is 2. The highest BCUT2D eigenvalue weighted by Gasteiger charge is 2.24. The zero-order valence-electron chi connectivity index (χ0n) is 15.2. The van der Waals surface area contributed by atoms with Gasteiger partial charge in [0.15, 0.2) is 5.75 Å². The van der Waals surface area contributed by atoms with Crippen molar-refractivity contribution < 1.29 is 19.2 Å². The van der Waals surface area contributed by atoms with Gasteiger partial charge in [-0.15, -0.1) is 0 Å². The minimum absolute atomic E-state index is 0.0173. The largest absolute Gasteiger partial charge is 0.485 e. The van der Waals surface area contributed by atoms with E-state index >= 15 is 0 Å². The summed E-state index contributed by atoms with van der Waals surface area (Å²) in [5.41, 5.74) is -0.0173. The average Bonchev–Trinajstić information content (AvgIpc) is 2.66. The van der Waals surface area contributed by atoms with Gasteiger partial charge in [0.2, 0.25) is 5.91 Å². The maximum Gasteiger partial charge on any atom is 0.310 e. The second kappa shape index (κ2) is 10.7. The molecule has 1 aliphatic rings. The van der Waals surface area contributed by atoms with E-state index in [0.29, 0.717) is 32.1 Å². The molecule has 1 fully saturated rings. The van der Waals surface area contributed by atoms with Crippen LogP contribution >= 0.6 is 0 Å². The summed E-state index contributed by atoms with van der Waals surface area (Å²) in [7, 11) is 1.65. The molecule has 1 amide bonds. The van der Waals surface area contributed by atoms with Gasteiger partial charge < -0.3 is 14.8 Å². The van der Waals surface area contributed by atoms with E-state index in [1.54, 1.807) is 25.3 Å². The van der Waals surface area contributed by atoms with Gasteiger partial charge >= 0.3 is 5.69 Å². The topological polar surface area (TPSA) is 93.9 Å². The lowest BCUT2D eigenvalue weighted by molar-refractivity contribution is -0.385. The number of likely N-dealkylation sites (tertiary alicyclic amines) is 1. The lowest BCUT2D eigenvalue weighted by atomic mass is 9.96. The number of hydrogen-bond donors (Lipinski definition) is 1. The molecule has 1 aliphatic heterocycles. The summed E-state index contributed by atoms with van der Waals surface area (Å²) in [6, 6.07) is 6.39. The third-order valence-electron chi connectivity index (χ3n) is 4.51. The van der Waals surface area contributed by atoms with Crippen LogP contribution in [0.1, 0.15) is 19.3 Å². The van der Waals surface area contributed by atoms with Crippen molar-refractivity contribution in [3.8, 4) is 5.75 Å². The highest BCUT2D eigenvalue weighted by atomic mass is 16.6. The summed E-state index contributed by atoms with van der Waals surface area (Å²) < 4.78 is 10.5. The quantitative estimate of drug-likeness (QED) is 0.386. The minimum atomic E-state index is -0.438. The first-order valence-corrected chi connectivity index (χ1v) is 8.97. The van der Waals surface area contributed by atoms with E-state index < -0.39 is 4.92 Å². The number of nitrogens with one attached hydrogen (secondary N) is 1. The number of para-hydroxylation sites is 2. The predicted molar refractivity (Wildman–Crippen MR) is 97.3 cm³/mol. The SMILES string of the molecule is COCCCNC(=O)C1CCN(CCOc2ccccc2[N+](=O)[O-])CC1. The van der Waals surface area contributed by atoms with Crippen molar-refractivity contribution in [2.24, 2.45) is 5.92 Å². The van der Waals surface area contributed by atoms with E-state index in [2.05, 4.69) is 10.2 Å². The molecule has 1 saturated heterocycles. The molecule has 0 bridgehead atoms. The Morgan fingerprint density at radius 1 is 1.31 bits per heavy atom. The Morgan fingerprint density at radius 3 is 2.73 bits per heavy atom. The Morgan fingerprint density at radius 2 is 2.04 bits per heavy atom. The molecule has 0 saturated carbocycles. The number of benzene rings is 1. The number of nitro groups is 1. The molecule has 0 radical (unpaired) electrons. The molecule has 1 aromatic rings. The molecule has 8 nitrogen and oxygen atoms in total. The highest BCUT2D eigenvalue weighted by Crippen LogP contribution is 2.25. The monoisotopic (exact) mass is 365 g/mol. The van der Waals surface area contributed by atoms with Gasteiger partial charge in [0.05, 0.1) is 4.92 Å². The van der Waals surface area contributed by atoms with Gasteiger partial charge in [0.25, 0.3) is 0 Å². The van der Waals surface area contributed by atoms with Crippen molar-refractivity contribution in [1.82, 2.24) is 10.2 Å². The van der Waals surface area contributed by atoms with E-state index in [1.807, 2.05) is 0 Å². The molecule has 2 rings (SSSR count). The van der Waals surface area contributed by atoms with Crippen LogP contribution in [-0.2, 0) is 9.53 Å². The zero-order valence-corrected chi connectivity index (χ0v) is 15.2. The summed E-state index contributed by atoms with van der Waals surface area (Å²) in [4.78, 5) is 24.9. The summed E-state index contributed by atoms with van der Waals surface area (Å²) in [6.45, 7) is 4.04. The first-order valence-electron chi connectivity index (χ1n) is 8.97. The van der Waals surface area contributed by atoms with Crippen molar-refractivity contribution in [1.29, 1.82) is 0 Å². The van der Waals surface area contributed by atoms with Crippen LogP contribution in [0.4, 0.5) is 5.69 Å². The summed E-state index contributed by atoms with van der Waals surface area (Å²) in [6.07, 6.45) is 2.47. The molecule has 0 aromatic heterocycles. The van der Waals surface area contributed by atoms with E-state index in [0.717, 1.165) is 32.4 Å². The van der Waals surface area contributed by atoms with E-state index in [1.165, 1.54) is 6.07 Å². The molecule has 0 unspecified atom stereocenters. The van der Waals surface area contributed by atoms with E-state index in [4.69, 9.17) is 9.47 Å². The predicted octanol–water partition coefficient (Wildman–Crippen LogP) is 1.84. The summed E-state index contributed by atoms with van der Waals surface area (Å²) >= 11 is 0. The second-order valence-corrected chi connectivity index (χ2v) is 6.33. The maximum atomic E-state index is 12.1. The van der Waals surface area contributed by atoms with E-state index in [9.17, 15) is 14.9 Å². The maximum absolute atomic E-state index is 12.1. The number of methoxy groups -OCH3 is 1. The standard InChI is InChI=1S/C18H27N3O5/c1-25-13-4-9-19-18(22)15-7-10-20(11-8-15)12-14-26-17-6-3-2-5-16(17)21(23)24/h2-3,5-6,15H,4,7-14H2,1H3,(H,19,22). The summed E-state index contributed by atoms with van der Waals surface area (Å²) in [5, 5.41) is 13.9. The minimum Gasteiger partial charge on any atom is -0.485 e. The van der Waals surface area contributed by atoms with Crippen LogP contribution < -0.4 is 10.1 Å². The fourth-order valence-electron chi connectivity index (χ4n) is 3.01. The van der Waals surface area contributed by atoms with Crippen LogP contribution in [0.15, 0.2) is 24.3 Å². The molecule has 8 heteroatoms. The van der Waals surface area contributed by atoms with E-state index in [-0.39, 0.29) is 17.5 Å². The Hall–Kier alpha value is -2.19.